The molecule has 3 aliphatic rings. The number of ether oxygens (including phenoxy) is 1. The number of furan rings is 2. The molecule has 5 nitrogen and oxygen atoms in total. The summed E-state index contributed by atoms with van der Waals surface area (Å²) < 4.78 is 20.3. The molecule has 1 fully saturated rings. The second kappa shape index (κ2) is 18.6. The predicted octanol–water partition coefficient (Wildman–Crippen LogP) is 20.9. The van der Waals surface area contributed by atoms with Gasteiger partial charge in [-0.25, -0.2) is 0 Å². The zero-order valence-electron chi connectivity index (χ0n) is 43.6. The summed E-state index contributed by atoms with van der Waals surface area (Å²) in [7, 11) is 0. The van der Waals surface area contributed by atoms with E-state index in [0.29, 0.717) is 5.92 Å². The highest BCUT2D eigenvalue weighted by Crippen LogP contribution is 2.50. The number of nitrogens with zero attached hydrogens (tertiary/aromatic N) is 2. The molecule has 0 radical (unpaired) electrons. The van der Waals surface area contributed by atoms with E-state index in [2.05, 4.69) is 240 Å². The Bertz CT molecular complexity index is 4620. The Morgan fingerprint density at radius 3 is 1.77 bits per heavy atom. The lowest BCUT2D eigenvalue weighted by Crippen LogP contribution is -2.26. The standard InChI is InChI=1S/C74H54N2O3/c1-4-16-47(17-5-1)50-22-14-24-55(38-50)75(58-33-35-62-60-26-10-12-28-68(60)77-71(62)44-58)57-32-30-52-41-65-66-42-53-31-37-67(74(49-20-8-3-9-21-49)64(53)46-73(66)79-70(65)43-54(52)40-57)76(56-25-15-23-51(39-56)48-18-6-2-7-19-48)59-34-36-63-61-27-11-13-29-69(61)78-72(63)45-59/h1-2,4-7,10-19,22-44,46,49,72H,3,8-9,20-21,45H2. The highest BCUT2D eigenvalue weighted by molar-refractivity contribution is 6.15. The lowest BCUT2D eigenvalue weighted by atomic mass is 9.80. The lowest BCUT2D eigenvalue weighted by Gasteiger charge is -2.35. The van der Waals surface area contributed by atoms with Crippen molar-refractivity contribution in [1.82, 2.24) is 0 Å². The summed E-state index contributed by atoms with van der Waals surface area (Å²) in [6.07, 6.45) is 11.4. The first kappa shape index (κ1) is 45.6. The molecule has 0 spiro atoms. The van der Waals surface area contributed by atoms with Gasteiger partial charge in [0.15, 0.2) is 0 Å². The van der Waals surface area contributed by atoms with Crippen molar-refractivity contribution in [2.45, 2.75) is 50.5 Å². The van der Waals surface area contributed by atoms with Crippen LogP contribution in [-0.2, 0) is 0 Å². The van der Waals surface area contributed by atoms with Gasteiger partial charge in [0.05, 0.1) is 0 Å². The van der Waals surface area contributed by atoms with Crippen molar-refractivity contribution in [3.8, 4) is 28.0 Å². The maximum absolute atomic E-state index is 7.09. The van der Waals surface area contributed by atoms with Crippen molar-refractivity contribution in [3.05, 3.63) is 259 Å². The Morgan fingerprint density at radius 2 is 0.975 bits per heavy atom. The molecular weight excluding hydrogens is 965 g/mol. The van der Waals surface area contributed by atoms with Crippen molar-refractivity contribution >= 4 is 99.4 Å². The number of allylic oxidation sites excluding steroid dienone is 2. The van der Waals surface area contributed by atoms with Crippen molar-refractivity contribution in [3.63, 3.8) is 0 Å². The molecule has 2 aromatic heterocycles. The highest BCUT2D eigenvalue weighted by Gasteiger charge is 2.35. The van der Waals surface area contributed by atoms with Crippen LogP contribution in [0.3, 0.4) is 0 Å². The molecule has 378 valence electrons. The molecule has 0 saturated heterocycles. The number of fused-ring (bicyclic) bond motifs is 11. The van der Waals surface area contributed by atoms with Gasteiger partial charge < -0.3 is 23.4 Å². The molecule has 79 heavy (non-hydrogen) atoms. The van der Waals surface area contributed by atoms with Gasteiger partial charge in [-0.2, -0.15) is 0 Å². The summed E-state index contributed by atoms with van der Waals surface area (Å²) in [6.45, 7) is 0. The van der Waals surface area contributed by atoms with Crippen molar-refractivity contribution in [2.24, 2.45) is 0 Å². The highest BCUT2D eigenvalue weighted by atomic mass is 16.5. The summed E-state index contributed by atoms with van der Waals surface area (Å²) in [5.41, 5.74) is 18.8. The predicted molar refractivity (Wildman–Crippen MR) is 328 cm³/mol. The van der Waals surface area contributed by atoms with Crippen LogP contribution < -0.4 is 14.5 Å². The maximum atomic E-state index is 7.09. The zero-order valence-corrected chi connectivity index (χ0v) is 43.6. The van der Waals surface area contributed by atoms with Crippen molar-refractivity contribution < 1.29 is 13.6 Å². The minimum atomic E-state index is -0.0569. The molecule has 1 unspecified atom stereocenters. The van der Waals surface area contributed by atoms with E-state index in [-0.39, 0.29) is 6.10 Å². The van der Waals surface area contributed by atoms with Crippen molar-refractivity contribution in [1.29, 1.82) is 0 Å². The van der Waals surface area contributed by atoms with E-state index in [9.17, 15) is 0 Å². The van der Waals surface area contributed by atoms with E-state index in [1.165, 1.54) is 74.8 Å². The summed E-state index contributed by atoms with van der Waals surface area (Å²) >= 11 is 0. The van der Waals surface area contributed by atoms with Gasteiger partial charge in [0.2, 0.25) is 0 Å². The first-order valence-corrected chi connectivity index (χ1v) is 28.0. The van der Waals surface area contributed by atoms with E-state index in [1.54, 1.807) is 0 Å². The molecule has 11 aromatic carbocycles. The van der Waals surface area contributed by atoms with Crippen LogP contribution in [0.25, 0.3) is 93.2 Å². The first-order valence-electron chi connectivity index (χ1n) is 28.0. The van der Waals surface area contributed by atoms with Gasteiger partial charge in [-0.1, -0.05) is 159 Å². The fraction of sp³-hybridized carbons (Fsp3) is 0.108. The van der Waals surface area contributed by atoms with Gasteiger partial charge in [-0.15, -0.1) is 0 Å². The van der Waals surface area contributed by atoms with Crippen LogP contribution in [-0.4, -0.2) is 6.10 Å². The smallest absolute Gasteiger partial charge is 0.137 e. The monoisotopic (exact) mass is 1020 g/mol. The Kier molecular flexibility index (Phi) is 10.7. The summed E-state index contributed by atoms with van der Waals surface area (Å²) in [6, 6.07) is 83.5. The SMILES string of the molecule is C1=C2c3ccccc3OC2CC(N(c2cccc(-c3ccccc3)c2)c2ccc3cc4c(cc3c2C2CCCCC2)oc2cc3cc(N(c5cccc(-c6ccccc6)c5)c5ccc6c(c5)oc5ccccc56)ccc3cc24)=C1. The number of para-hydroxylation sites is 2. The van der Waals surface area contributed by atoms with E-state index in [4.69, 9.17) is 13.6 Å². The zero-order chi connectivity index (χ0) is 52.0. The van der Waals surface area contributed by atoms with Crippen LogP contribution in [0.5, 0.6) is 5.75 Å². The third-order valence-electron chi connectivity index (χ3n) is 17.1. The first-order chi connectivity index (χ1) is 39.1. The minimum absolute atomic E-state index is 0.0569. The molecule has 1 atom stereocenters. The molecule has 0 bridgehead atoms. The van der Waals surface area contributed by atoms with E-state index in [0.717, 1.165) is 108 Å². The molecule has 3 heterocycles. The van der Waals surface area contributed by atoms with Crippen LogP contribution >= 0.6 is 0 Å². The Balaban J connectivity index is 0.844. The van der Waals surface area contributed by atoms with Crippen LogP contribution in [0.4, 0.5) is 28.4 Å². The van der Waals surface area contributed by atoms with Gasteiger partial charge in [0, 0.05) is 79.3 Å². The average molecular weight is 1020 g/mol. The number of rotatable bonds is 9. The number of anilines is 5. The average Bonchev–Trinajstić information content (AvgIpc) is 4.25. The summed E-state index contributed by atoms with van der Waals surface area (Å²) in [5.74, 6) is 1.35. The maximum Gasteiger partial charge on any atom is 0.137 e. The number of benzene rings is 11. The molecule has 13 aromatic rings. The van der Waals surface area contributed by atoms with Crippen LogP contribution in [0.2, 0.25) is 0 Å². The van der Waals surface area contributed by atoms with E-state index in [1.807, 2.05) is 12.1 Å². The second-order valence-electron chi connectivity index (χ2n) is 21.8. The van der Waals surface area contributed by atoms with Gasteiger partial charge in [0.1, 0.15) is 34.2 Å². The van der Waals surface area contributed by atoms with Crippen LogP contribution in [0, 0.1) is 0 Å². The van der Waals surface area contributed by atoms with E-state index < -0.39 is 0 Å². The van der Waals surface area contributed by atoms with E-state index >= 15 is 0 Å². The van der Waals surface area contributed by atoms with Gasteiger partial charge in [-0.3, -0.25) is 0 Å². The van der Waals surface area contributed by atoms with Gasteiger partial charge in [0.25, 0.3) is 0 Å². The normalized spacial score (nSPS) is 15.4. The molecule has 1 saturated carbocycles. The molecule has 0 N–H and O–H groups in total. The Hall–Kier alpha value is -9.58. The molecule has 16 rings (SSSR count). The van der Waals surface area contributed by atoms with Gasteiger partial charge in [-0.05, 0) is 165 Å². The lowest BCUT2D eigenvalue weighted by molar-refractivity contribution is 0.274. The third-order valence-corrected chi connectivity index (χ3v) is 17.1. The number of hydrogen-bond donors (Lipinski definition) is 0. The summed E-state index contributed by atoms with van der Waals surface area (Å²) in [5, 5.41) is 9.23. The summed E-state index contributed by atoms with van der Waals surface area (Å²) in [4.78, 5) is 4.90. The largest absolute Gasteiger partial charge is 0.485 e. The van der Waals surface area contributed by atoms with Crippen molar-refractivity contribution in [2.75, 3.05) is 9.80 Å². The molecule has 5 heteroatoms. The molecule has 2 aliphatic carbocycles. The third kappa shape index (κ3) is 7.82. The molecular formula is C74H54N2O3. The Labute approximate surface area is 458 Å². The second-order valence-corrected chi connectivity index (χ2v) is 21.8. The molecule has 0 amide bonds. The van der Waals surface area contributed by atoms with Crippen LogP contribution in [0.15, 0.2) is 257 Å². The Morgan fingerprint density at radius 1 is 0.367 bits per heavy atom. The minimum Gasteiger partial charge on any atom is -0.485 e. The number of hydrogen-bond acceptors (Lipinski definition) is 5. The quantitative estimate of drug-likeness (QED) is 0.144. The van der Waals surface area contributed by atoms with Gasteiger partial charge >= 0.3 is 0 Å². The van der Waals surface area contributed by atoms with Crippen LogP contribution in [0.1, 0.15) is 55.6 Å². The topological polar surface area (TPSA) is 42.0 Å². The fourth-order valence-electron chi connectivity index (χ4n) is 13.3. The molecule has 1 aliphatic heterocycles. The fourth-order valence-corrected chi connectivity index (χ4v) is 13.3.